The summed E-state index contributed by atoms with van der Waals surface area (Å²) >= 11 is 0. The summed E-state index contributed by atoms with van der Waals surface area (Å²) in [4.78, 5) is 11.1. The summed E-state index contributed by atoms with van der Waals surface area (Å²) < 4.78 is 40.8. The Labute approximate surface area is 202 Å². The average Bonchev–Trinajstić information content (AvgIpc) is 3.33. The fourth-order valence-electron chi connectivity index (χ4n) is 4.30. The highest BCUT2D eigenvalue weighted by Crippen LogP contribution is 2.33. The molecule has 35 heavy (non-hydrogen) atoms. The number of piperazine rings is 1. The molecule has 2 aliphatic rings. The van der Waals surface area contributed by atoms with Crippen molar-refractivity contribution in [3.8, 4) is 17.2 Å². The molecule has 11 nitrogen and oxygen atoms in total. The number of benzene rings is 2. The van der Waals surface area contributed by atoms with Gasteiger partial charge in [-0.25, -0.2) is 18.4 Å². The van der Waals surface area contributed by atoms with Crippen molar-refractivity contribution in [2.75, 3.05) is 44.3 Å². The van der Waals surface area contributed by atoms with E-state index in [0.717, 1.165) is 11.3 Å². The zero-order valence-electron chi connectivity index (χ0n) is 19.0. The van der Waals surface area contributed by atoms with E-state index < -0.39 is 10.0 Å². The molecule has 6 rings (SSSR count). The first-order valence-corrected chi connectivity index (χ1v) is 12.7. The molecule has 1 fully saturated rings. The number of anilines is 1. The number of rotatable bonds is 4. The van der Waals surface area contributed by atoms with Gasteiger partial charge in [0.25, 0.3) is 0 Å². The maximum absolute atomic E-state index is 13.3. The summed E-state index contributed by atoms with van der Waals surface area (Å²) in [5.41, 5.74) is 3.19. The van der Waals surface area contributed by atoms with Crippen molar-refractivity contribution in [1.29, 1.82) is 0 Å². The molecule has 0 atom stereocenters. The lowest BCUT2D eigenvalue weighted by Crippen LogP contribution is -2.49. The van der Waals surface area contributed by atoms with Crippen LogP contribution in [0.1, 0.15) is 5.56 Å². The van der Waals surface area contributed by atoms with Crippen molar-refractivity contribution in [2.24, 2.45) is 0 Å². The average molecular weight is 494 g/mol. The van der Waals surface area contributed by atoms with Crippen molar-refractivity contribution in [2.45, 2.75) is 11.8 Å². The van der Waals surface area contributed by atoms with E-state index >= 15 is 0 Å². The molecule has 0 bridgehead atoms. The van der Waals surface area contributed by atoms with Crippen molar-refractivity contribution in [1.82, 2.24) is 29.3 Å². The minimum Gasteiger partial charge on any atom is -0.486 e. The van der Waals surface area contributed by atoms with Crippen LogP contribution in [0.15, 0.2) is 53.7 Å². The van der Waals surface area contributed by atoms with Gasteiger partial charge in [0.1, 0.15) is 19.5 Å². The second-order valence-electron chi connectivity index (χ2n) is 8.40. The minimum absolute atomic E-state index is 0.195. The minimum atomic E-state index is -3.67. The predicted octanol–water partition coefficient (Wildman–Crippen LogP) is 1.80. The molecule has 2 aliphatic heterocycles. The molecule has 0 amide bonds. The highest BCUT2D eigenvalue weighted by atomic mass is 32.2. The quantitative estimate of drug-likeness (QED) is 0.420. The maximum Gasteiger partial charge on any atom is 0.243 e. The van der Waals surface area contributed by atoms with Gasteiger partial charge in [0.2, 0.25) is 10.0 Å². The van der Waals surface area contributed by atoms with E-state index in [-0.39, 0.29) is 4.90 Å². The summed E-state index contributed by atoms with van der Waals surface area (Å²) in [6.45, 7) is 4.44. The van der Waals surface area contributed by atoms with Crippen LogP contribution in [0.25, 0.3) is 16.9 Å². The largest absolute Gasteiger partial charge is 0.486 e. The number of ether oxygens (including phenoxy) is 2. The fourth-order valence-corrected chi connectivity index (χ4v) is 5.74. The molecular formula is C23H23N7O4S. The second-order valence-corrected chi connectivity index (χ2v) is 10.3. The van der Waals surface area contributed by atoms with Crippen LogP contribution >= 0.6 is 0 Å². The third kappa shape index (κ3) is 3.84. The van der Waals surface area contributed by atoms with Crippen LogP contribution in [0.3, 0.4) is 0 Å². The number of aryl methyl sites for hydroxylation is 1. The normalized spacial score (nSPS) is 16.5. The molecule has 1 saturated heterocycles. The molecule has 0 spiro atoms. The van der Waals surface area contributed by atoms with Crippen molar-refractivity contribution in [3.63, 3.8) is 0 Å². The Bertz CT molecular complexity index is 1500. The van der Waals surface area contributed by atoms with Gasteiger partial charge in [0.05, 0.1) is 10.6 Å². The van der Waals surface area contributed by atoms with Crippen LogP contribution in [0.4, 0.5) is 5.82 Å². The van der Waals surface area contributed by atoms with E-state index in [0.29, 0.717) is 67.9 Å². The number of nitrogens with zero attached hydrogens (tertiary/aromatic N) is 7. The lowest BCUT2D eigenvalue weighted by Gasteiger charge is -2.34. The predicted molar refractivity (Wildman–Crippen MR) is 128 cm³/mol. The van der Waals surface area contributed by atoms with Gasteiger partial charge in [-0.2, -0.15) is 8.99 Å². The number of hydrogen-bond acceptors (Lipinski definition) is 9. The molecule has 0 aliphatic carbocycles. The lowest BCUT2D eigenvalue weighted by molar-refractivity contribution is 0.171. The summed E-state index contributed by atoms with van der Waals surface area (Å²) in [5, 5.41) is 8.63. The van der Waals surface area contributed by atoms with Gasteiger partial charge in [-0.1, -0.05) is 22.9 Å². The molecule has 2 aromatic carbocycles. The lowest BCUT2D eigenvalue weighted by atomic mass is 10.2. The zero-order chi connectivity index (χ0) is 24.0. The Hall–Kier alpha value is -3.77. The first-order chi connectivity index (χ1) is 17.0. The zero-order valence-corrected chi connectivity index (χ0v) is 19.8. The van der Waals surface area contributed by atoms with E-state index in [1.165, 1.54) is 16.7 Å². The molecule has 2 aromatic heterocycles. The summed E-state index contributed by atoms with van der Waals surface area (Å²) in [6.07, 6.45) is 1.49. The van der Waals surface area contributed by atoms with Crippen molar-refractivity contribution >= 4 is 27.0 Å². The molecule has 4 heterocycles. The molecule has 0 radical (unpaired) electrons. The van der Waals surface area contributed by atoms with Gasteiger partial charge in [-0.3, -0.25) is 0 Å². The van der Waals surface area contributed by atoms with Gasteiger partial charge in [-0.15, -0.1) is 5.10 Å². The van der Waals surface area contributed by atoms with Gasteiger partial charge in [0.15, 0.2) is 28.5 Å². The third-order valence-corrected chi connectivity index (χ3v) is 8.08. The Balaban J connectivity index is 1.22. The standard InChI is InChI=1S/C23H23N7O4S/c1-16-2-4-17(5-3-16)30-23-21(26-27-30)22(24-15-25-23)28-8-10-29(11-9-28)35(31,32)18-6-7-19-20(14-18)34-13-12-33-19/h2-7,14-15H,8-13H2,1H3. The second kappa shape index (κ2) is 8.47. The van der Waals surface area contributed by atoms with Crippen molar-refractivity contribution < 1.29 is 17.9 Å². The van der Waals surface area contributed by atoms with E-state index in [9.17, 15) is 8.42 Å². The smallest absolute Gasteiger partial charge is 0.243 e. The van der Waals surface area contributed by atoms with Crippen LogP contribution in [-0.4, -0.2) is 77.1 Å². The molecule has 0 N–H and O–H groups in total. The number of sulfonamides is 1. The summed E-state index contributed by atoms with van der Waals surface area (Å²) in [6, 6.07) is 12.7. The molecule has 4 aromatic rings. The Kier molecular flexibility index (Phi) is 5.26. The monoisotopic (exact) mass is 493 g/mol. The van der Waals surface area contributed by atoms with E-state index in [1.54, 1.807) is 16.8 Å². The SMILES string of the molecule is Cc1ccc(-n2nnc3c(N4CCN(S(=O)(=O)c5ccc6c(c5)OCCO6)CC4)ncnc32)cc1. The Morgan fingerprint density at radius 1 is 0.886 bits per heavy atom. The van der Waals surface area contributed by atoms with Crippen LogP contribution in [0.2, 0.25) is 0 Å². The number of aromatic nitrogens is 5. The van der Waals surface area contributed by atoms with Crippen LogP contribution in [0, 0.1) is 6.92 Å². The maximum atomic E-state index is 13.3. The molecule has 180 valence electrons. The first kappa shape index (κ1) is 21.7. The van der Waals surface area contributed by atoms with Gasteiger partial charge in [-0.05, 0) is 31.2 Å². The van der Waals surface area contributed by atoms with Gasteiger partial charge >= 0.3 is 0 Å². The van der Waals surface area contributed by atoms with Gasteiger partial charge in [0, 0.05) is 32.2 Å². The Morgan fingerprint density at radius 2 is 1.63 bits per heavy atom. The summed E-state index contributed by atoms with van der Waals surface area (Å²) in [7, 11) is -3.67. The highest BCUT2D eigenvalue weighted by molar-refractivity contribution is 7.89. The first-order valence-electron chi connectivity index (χ1n) is 11.3. The highest BCUT2D eigenvalue weighted by Gasteiger charge is 2.31. The fraction of sp³-hybridized carbons (Fsp3) is 0.304. The summed E-state index contributed by atoms with van der Waals surface area (Å²) in [5.74, 6) is 1.66. The van der Waals surface area contributed by atoms with Crippen LogP contribution < -0.4 is 14.4 Å². The van der Waals surface area contributed by atoms with Crippen LogP contribution in [0.5, 0.6) is 11.5 Å². The van der Waals surface area contributed by atoms with Crippen LogP contribution in [-0.2, 0) is 10.0 Å². The molecular weight excluding hydrogens is 470 g/mol. The van der Waals surface area contributed by atoms with E-state index in [1.807, 2.05) is 36.1 Å². The van der Waals surface area contributed by atoms with Gasteiger partial charge < -0.3 is 14.4 Å². The molecule has 0 saturated carbocycles. The van der Waals surface area contributed by atoms with E-state index in [2.05, 4.69) is 20.3 Å². The topological polar surface area (TPSA) is 116 Å². The molecule has 0 unspecified atom stereocenters. The van der Waals surface area contributed by atoms with Crippen molar-refractivity contribution in [3.05, 3.63) is 54.4 Å². The Morgan fingerprint density at radius 3 is 2.40 bits per heavy atom. The third-order valence-electron chi connectivity index (χ3n) is 6.19. The van der Waals surface area contributed by atoms with E-state index in [4.69, 9.17) is 9.47 Å². The number of fused-ring (bicyclic) bond motifs is 2. The number of hydrogen-bond donors (Lipinski definition) is 0. The molecule has 12 heteroatoms.